The summed E-state index contributed by atoms with van der Waals surface area (Å²) in [7, 11) is 2.97. The van der Waals surface area contributed by atoms with Crippen molar-refractivity contribution in [1.82, 2.24) is 0 Å². The summed E-state index contributed by atoms with van der Waals surface area (Å²) in [6.07, 6.45) is 0.0606. The van der Waals surface area contributed by atoms with E-state index in [0.29, 0.717) is 33.5 Å². The van der Waals surface area contributed by atoms with E-state index in [1.165, 1.54) is 26.0 Å². The van der Waals surface area contributed by atoms with E-state index < -0.39 is 5.92 Å². The van der Waals surface area contributed by atoms with Crippen molar-refractivity contribution in [2.45, 2.75) is 13.3 Å². The predicted molar refractivity (Wildman–Crippen MR) is 110 cm³/mol. The van der Waals surface area contributed by atoms with E-state index in [4.69, 9.17) is 21.1 Å². The molecule has 0 spiro atoms. The zero-order chi connectivity index (χ0) is 21.1. The number of nitrogens with zero attached hydrogens (tertiary/aromatic N) is 1. The molecule has 1 fully saturated rings. The lowest BCUT2D eigenvalue weighted by atomic mass is 10.1. The van der Waals surface area contributed by atoms with Crippen molar-refractivity contribution in [1.29, 1.82) is 0 Å². The summed E-state index contributed by atoms with van der Waals surface area (Å²) >= 11 is 6.21. The number of amides is 2. The summed E-state index contributed by atoms with van der Waals surface area (Å²) in [4.78, 5) is 38.3. The fraction of sp³-hybridized carbons (Fsp3) is 0.286. The maximum Gasteiger partial charge on any atom is 0.229 e. The van der Waals surface area contributed by atoms with Gasteiger partial charge < -0.3 is 19.7 Å². The summed E-state index contributed by atoms with van der Waals surface area (Å²) in [5, 5.41) is 3.12. The average Bonchev–Trinajstić information content (AvgIpc) is 3.09. The molecule has 8 heteroatoms. The van der Waals surface area contributed by atoms with E-state index in [1.807, 2.05) is 0 Å². The fourth-order valence-corrected chi connectivity index (χ4v) is 3.47. The van der Waals surface area contributed by atoms with Crippen molar-refractivity contribution in [2.75, 3.05) is 31.0 Å². The Morgan fingerprint density at radius 3 is 2.52 bits per heavy atom. The van der Waals surface area contributed by atoms with Gasteiger partial charge in [-0.1, -0.05) is 23.7 Å². The number of methoxy groups -OCH3 is 2. The molecule has 7 nitrogen and oxygen atoms in total. The van der Waals surface area contributed by atoms with Crippen LogP contribution in [0.4, 0.5) is 11.4 Å². The van der Waals surface area contributed by atoms with Crippen molar-refractivity contribution in [3.8, 4) is 11.5 Å². The zero-order valence-corrected chi connectivity index (χ0v) is 17.1. The monoisotopic (exact) mass is 416 g/mol. The van der Waals surface area contributed by atoms with Crippen molar-refractivity contribution in [3.63, 3.8) is 0 Å². The summed E-state index contributed by atoms with van der Waals surface area (Å²) in [6.45, 7) is 1.65. The van der Waals surface area contributed by atoms with Gasteiger partial charge in [0.1, 0.15) is 11.5 Å². The highest BCUT2D eigenvalue weighted by molar-refractivity contribution is 6.32. The quantitative estimate of drug-likeness (QED) is 0.728. The maximum atomic E-state index is 12.7. The molecule has 152 valence electrons. The maximum absolute atomic E-state index is 12.7. The molecule has 3 rings (SSSR count). The number of ether oxygens (including phenoxy) is 2. The molecule has 1 saturated heterocycles. The second-order valence-corrected chi connectivity index (χ2v) is 7.10. The van der Waals surface area contributed by atoms with Crippen LogP contribution in [0.5, 0.6) is 11.5 Å². The molecule has 0 aromatic heterocycles. The second-order valence-electron chi connectivity index (χ2n) is 6.69. The summed E-state index contributed by atoms with van der Waals surface area (Å²) in [5.74, 6) is -0.281. The molecular weight excluding hydrogens is 396 g/mol. The summed E-state index contributed by atoms with van der Waals surface area (Å²) in [6, 6.07) is 9.88. The van der Waals surface area contributed by atoms with E-state index in [-0.39, 0.29) is 30.6 Å². The Morgan fingerprint density at radius 2 is 1.86 bits per heavy atom. The number of ketones is 1. The first-order valence-corrected chi connectivity index (χ1v) is 9.35. The van der Waals surface area contributed by atoms with E-state index in [2.05, 4.69) is 5.32 Å². The predicted octanol–water partition coefficient (Wildman–Crippen LogP) is 3.55. The first-order valence-electron chi connectivity index (χ1n) is 8.97. The van der Waals surface area contributed by atoms with Gasteiger partial charge in [-0.3, -0.25) is 14.4 Å². The molecular formula is C21H21ClN2O5. The Kier molecular flexibility index (Phi) is 6.08. The topological polar surface area (TPSA) is 84.9 Å². The van der Waals surface area contributed by atoms with Crippen LogP contribution in [0.1, 0.15) is 23.7 Å². The second kappa shape index (κ2) is 8.53. The van der Waals surface area contributed by atoms with Gasteiger partial charge in [0.05, 0.1) is 30.8 Å². The number of carbonyl (C=O) groups is 3. The van der Waals surface area contributed by atoms with Gasteiger partial charge in [0, 0.05) is 30.3 Å². The fourth-order valence-electron chi connectivity index (χ4n) is 3.23. The number of carbonyl (C=O) groups excluding carboxylic acids is 3. The molecule has 0 bridgehead atoms. The van der Waals surface area contributed by atoms with Crippen molar-refractivity contribution in [3.05, 3.63) is 47.0 Å². The standard InChI is InChI=1S/C21H21ClN2O5/c1-12(25)13-5-4-6-15(7-13)23-21(27)14-8-20(26)24(11-14)17-9-16(22)18(28-2)10-19(17)29-3/h4-7,9-10,14H,8,11H2,1-3H3,(H,23,27)/t14-/m1/s1. The van der Waals surface area contributed by atoms with Gasteiger partial charge in [0.15, 0.2) is 5.78 Å². The van der Waals surface area contributed by atoms with Gasteiger partial charge in [-0.05, 0) is 25.1 Å². The normalized spacial score (nSPS) is 15.9. The third kappa shape index (κ3) is 4.35. The minimum atomic E-state index is -0.547. The lowest BCUT2D eigenvalue weighted by Gasteiger charge is -2.21. The Morgan fingerprint density at radius 1 is 1.14 bits per heavy atom. The number of nitrogens with one attached hydrogen (secondary N) is 1. The first-order chi connectivity index (χ1) is 13.8. The molecule has 0 saturated carbocycles. The summed E-state index contributed by atoms with van der Waals surface area (Å²) < 4.78 is 10.5. The molecule has 1 N–H and O–H groups in total. The highest BCUT2D eigenvalue weighted by Crippen LogP contribution is 2.40. The Bertz CT molecular complexity index is 976. The van der Waals surface area contributed by atoms with Crippen LogP contribution in [-0.4, -0.2) is 38.4 Å². The molecule has 2 amide bonds. The van der Waals surface area contributed by atoms with Crippen LogP contribution < -0.4 is 19.7 Å². The van der Waals surface area contributed by atoms with Crippen LogP contribution in [0.15, 0.2) is 36.4 Å². The molecule has 1 heterocycles. The minimum Gasteiger partial charge on any atom is -0.495 e. The smallest absolute Gasteiger partial charge is 0.229 e. The first kappa shape index (κ1) is 20.7. The van der Waals surface area contributed by atoms with Crippen molar-refractivity contribution < 1.29 is 23.9 Å². The van der Waals surface area contributed by atoms with Gasteiger partial charge in [-0.15, -0.1) is 0 Å². The highest BCUT2D eigenvalue weighted by atomic mass is 35.5. The zero-order valence-electron chi connectivity index (χ0n) is 16.3. The third-order valence-corrected chi connectivity index (χ3v) is 5.07. The number of hydrogen-bond acceptors (Lipinski definition) is 5. The lowest BCUT2D eigenvalue weighted by Crippen LogP contribution is -2.28. The van der Waals surface area contributed by atoms with Gasteiger partial charge in [-0.25, -0.2) is 0 Å². The average molecular weight is 417 g/mol. The summed E-state index contributed by atoms with van der Waals surface area (Å²) in [5.41, 5.74) is 1.50. The van der Waals surface area contributed by atoms with E-state index in [0.717, 1.165) is 0 Å². The minimum absolute atomic E-state index is 0.0606. The van der Waals surface area contributed by atoms with Crippen molar-refractivity contribution in [2.24, 2.45) is 5.92 Å². The van der Waals surface area contributed by atoms with Crippen LogP contribution in [0.3, 0.4) is 0 Å². The molecule has 0 unspecified atom stereocenters. The SMILES string of the molecule is COc1cc(OC)c(N2C[C@H](C(=O)Nc3cccc(C(C)=O)c3)CC2=O)cc1Cl. The number of halogens is 1. The molecule has 0 radical (unpaired) electrons. The van der Waals surface area contributed by atoms with E-state index in [9.17, 15) is 14.4 Å². The van der Waals surface area contributed by atoms with Gasteiger partial charge in [0.25, 0.3) is 0 Å². The third-order valence-electron chi connectivity index (χ3n) is 4.78. The number of Topliss-reactive ketones (excluding diaryl/α,β-unsaturated/α-hetero) is 1. The Balaban J connectivity index is 1.78. The van der Waals surface area contributed by atoms with E-state index in [1.54, 1.807) is 36.4 Å². The lowest BCUT2D eigenvalue weighted by molar-refractivity contribution is -0.122. The Hall–Kier alpha value is -3.06. The van der Waals surface area contributed by atoms with E-state index >= 15 is 0 Å². The molecule has 1 atom stereocenters. The number of rotatable bonds is 6. The largest absolute Gasteiger partial charge is 0.495 e. The Labute approximate surface area is 173 Å². The molecule has 2 aromatic rings. The number of anilines is 2. The molecule has 0 aliphatic carbocycles. The van der Waals surface area contributed by atoms with Gasteiger partial charge in [-0.2, -0.15) is 0 Å². The highest BCUT2D eigenvalue weighted by Gasteiger charge is 2.36. The number of hydrogen-bond donors (Lipinski definition) is 1. The van der Waals surface area contributed by atoms with Crippen LogP contribution in [0, 0.1) is 5.92 Å². The van der Waals surface area contributed by atoms with Crippen LogP contribution in [0.2, 0.25) is 5.02 Å². The van der Waals surface area contributed by atoms with Gasteiger partial charge >= 0.3 is 0 Å². The van der Waals surface area contributed by atoms with Crippen LogP contribution in [-0.2, 0) is 9.59 Å². The molecule has 29 heavy (non-hydrogen) atoms. The van der Waals surface area contributed by atoms with Crippen LogP contribution in [0.25, 0.3) is 0 Å². The van der Waals surface area contributed by atoms with Crippen LogP contribution >= 0.6 is 11.6 Å². The number of benzene rings is 2. The molecule has 1 aliphatic heterocycles. The van der Waals surface area contributed by atoms with Crippen molar-refractivity contribution >= 4 is 40.6 Å². The molecule has 1 aliphatic rings. The van der Waals surface area contributed by atoms with Gasteiger partial charge in [0.2, 0.25) is 11.8 Å². The molecule has 2 aromatic carbocycles.